The maximum absolute atomic E-state index is 14.6. The van der Waals surface area contributed by atoms with E-state index in [9.17, 15) is 30.7 Å². The van der Waals surface area contributed by atoms with Gasteiger partial charge in [-0.05, 0) is 82.8 Å². The summed E-state index contributed by atoms with van der Waals surface area (Å²) in [7, 11) is 0. The molecule has 1 saturated heterocycles. The smallest absolute Gasteiger partial charge is 0.358 e. The zero-order valence-electron chi connectivity index (χ0n) is 20.7. The van der Waals surface area contributed by atoms with Crippen LogP contribution < -0.4 is 0 Å². The lowest BCUT2D eigenvalue weighted by Gasteiger charge is -2.50. The first-order valence-corrected chi connectivity index (χ1v) is 11.8. The van der Waals surface area contributed by atoms with Crippen LogP contribution in [0.1, 0.15) is 50.4 Å². The van der Waals surface area contributed by atoms with Crippen LogP contribution in [0.2, 0.25) is 0 Å². The molecule has 0 bridgehead atoms. The van der Waals surface area contributed by atoms with Crippen LogP contribution in [0.4, 0.5) is 30.7 Å². The predicted octanol–water partition coefficient (Wildman–Crippen LogP) is 6.99. The SMILES string of the molecule is CCOC(C(F)(F)F)(C(F)(F)F)[C@@]1(CCc2ccc(F)cc2)CCN(C(C)(C)c2ccc(C)nc2)C1. The standard InChI is InChI=1S/C26H31F7N2O/c1-5-36-24(25(28,29)30,26(31,32)33)23(13-12-19-7-10-21(27)11-8-19)14-15-35(17-23)22(3,4)20-9-6-18(2)34-16-20/h6-11,16H,5,12-15,17H2,1-4H3/t23-/m0/s1. The summed E-state index contributed by atoms with van der Waals surface area (Å²) in [4.78, 5) is 5.90. The monoisotopic (exact) mass is 520 g/mol. The molecule has 1 aromatic heterocycles. The summed E-state index contributed by atoms with van der Waals surface area (Å²) in [6.45, 7) is 5.20. The van der Waals surface area contributed by atoms with Crippen LogP contribution in [0.15, 0.2) is 42.6 Å². The number of hydrogen-bond donors (Lipinski definition) is 0. The van der Waals surface area contributed by atoms with Crippen molar-refractivity contribution < 1.29 is 35.5 Å². The zero-order valence-corrected chi connectivity index (χ0v) is 20.7. The van der Waals surface area contributed by atoms with Crippen LogP contribution in [0.3, 0.4) is 0 Å². The van der Waals surface area contributed by atoms with Crippen molar-refractivity contribution in [2.75, 3.05) is 19.7 Å². The van der Waals surface area contributed by atoms with Gasteiger partial charge >= 0.3 is 12.4 Å². The largest absolute Gasteiger partial charge is 0.427 e. The third-order valence-corrected chi connectivity index (χ3v) is 7.47. The number of pyridine rings is 1. The molecule has 36 heavy (non-hydrogen) atoms. The van der Waals surface area contributed by atoms with E-state index in [1.54, 1.807) is 44.0 Å². The maximum Gasteiger partial charge on any atom is 0.427 e. The van der Waals surface area contributed by atoms with E-state index in [4.69, 9.17) is 4.74 Å². The highest BCUT2D eigenvalue weighted by Gasteiger charge is 2.81. The highest BCUT2D eigenvalue weighted by molar-refractivity contribution is 5.24. The minimum atomic E-state index is -5.71. The Labute approximate surface area is 206 Å². The van der Waals surface area contributed by atoms with E-state index in [-0.39, 0.29) is 19.4 Å². The van der Waals surface area contributed by atoms with Crippen LogP contribution in [-0.4, -0.2) is 47.5 Å². The molecule has 10 heteroatoms. The molecule has 0 N–H and O–H groups in total. The van der Waals surface area contributed by atoms with Crippen LogP contribution >= 0.6 is 0 Å². The van der Waals surface area contributed by atoms with Gasteiger partial charge in [0, 0.05) is 36.0 Å². The van der Waals surface area contributed by atoms with Crippen LogP contribution in [0.25, 0.3) is 0 Å². The van der Waals surface area contributed by atoms with Gasteiger partial charge in [-0.1, -0.05) is 18.2 Å². The fraction of sp³-hybridized carbons (Fsp3) is 0.577. The topological polar surface area (TPSA) is 25.4 Å². The quantitative estimate of drug-likeness (QED) is 0.351. The van der Waals surface area contributed by atoms with E-state index in [0.717, 1.165) is 24.8 Å². The van der Waals surface area contributed by atoms with Crippen LogP contribution in [0.5, 0.6) is 0 Å². The Bertz CT molecular complexity index is 1000. The second-order valence-electron chi connectivity index (χ2n) is 9.94. The van der Waals surface area contributed by atoms with E-state index >= 15 is 0 Å². The normalized spacial score (nSPS) is 20.2. The first-order chi connectivity index (χ1) is 16.6. The van der Waals surface area contributed by atoms with Crippen molar-refractivity contribution in [1.82, 2.24) is 9.88 Å². The first-order valence-electron chi connectivity index (χ1n) is 11.8. The first kappa shape index (κ1) is 28.4. The number of rotatable bonds is 8. The summed E-state index contributed by atoms with van der Waals surface area (Å²) in [5.41, 5.74) is -5.70. The lowest BCUT2D eigenvalue weighted by atomic mass is 9.66. The summed E-state index contributed by atoms with van der Waals surface area (Å²) >= 11 is 0. The number of nitrogens with zero attached hydrogens (tertiary/aromatic N) is 2. The van der Waals surface area contributed by atoms with Crippen molar-refractivity contribution >= 4 is 0 Å². The lowest BCUT2D eigenvalue weighted by Crippen LogP contribution is -2.69. The van der Waals surface area contributed by atoms with Gasteiger partial charge in [0.25, 0.3) is 5.60 Å². The summed E-state index contributed by atoms with van der Waals surface area (Å²) in [6, 6.07) is 8.57. The van der Waals surface area contributed by atoms with Crippen molar-refractivity contribution in [1.29, 1.82) is 0 Å². The molecule has 1 aliphatic heterocycles. The van der Waals surface area contributed by atoms with Crippen LogP contribution in [-0.2, 0) is 16.7 Å². The Morgan fingerprint density at radius 3 is 2.08 bits per heavy atom. The number of aryl methyl sites for hydroxylation is 2. The molecule has 0 spiro atoms. The average molecular weight is 521 g/mol. The van der Waals surface area contributed by atoms with Gasteiger partial charge in [0.1, 0.15) is 5.82 Å². The van der Waals surface area contributed by atoms with Crippen molar-refractivity contribution in [3.05, 3.63) is 65.2 Å². The average Bonchev–Trinajstić information content (AvgIpc) is 3.22. The summed E-state index contributed by atoms with van der Waals surface area (Å²) in [5, 5.41) is 0. The summed E-state index contributed by atoms with van der Waals surface area (Å²) in [5.74, 6) is -0.539. The number of aromatic nitrogens is 1. The van der Waals surface area contributed by atoms with Gasteiger partial charge in [-0.15, -0.1) is 0 Å². The molecule has 0 radical (unpaired) electrons. The molecular weight excluding hydrogens is 489 g/mol. The number of ether oxygens (including phenoxy) is 1. The molecule has 0 saturated carbocycles. The van der Waals surface area contributed by atoms with E-state index in [1.165, 1.54) is 12.1 Å². The van der Waals surface area contributed by atoms with Gasteiger partial charge in [0.05, 0.1) is 0 Å². The molecule has 0 aliphatic carbocycles. The molecule has 1 aliphatic rings. The lowest BCUT2D eigenvalue weighted by molar-refractivity contribution is -0.415. The molecule has 2 heterocycles. The number of hydrogen-bond acceptors (Lipinski definition) is 3. The molecule has 1 atom stereocenters. The highest BCUT2D eigenvalue weighted by atomic mass is 19.4. The van der Waals surface area contributed by atoms with Crippen LogP contribution in [0, 0.1) is 18.2 Å². The van der Waals surface area contributed by atoms with Gasteiger partial charge in [0.15, 0.2) is 0 Å². The van der Waals surface area contributed by atoms with Gasteiger partial charge in [-0.3, -0.25) is 9.88 Å². The van der Waals surface area contributed by atoms with Gasteiger partial charge in [-0.25, -0.2) is 4.39 Å². The van der Waals surface area contributed by atoms with E-state index in [0.29, 0.717) is 11.1 Å². The predicted molar refractivity (Wildman–Crippen MR) is 122 cm³/mol. The van der Waals surface area contributed by atoms with Crippen molar-refractivity contribution in [2.24, 2.45) is 5.41 Å². The fourth-order valence-corrected chi connectivity index (χ4v) is 5.36. The Balaban J connectivity index is 2.10. The van der Waals surface area contributed by atoms with Crippen molar-refractivity contribution in [3.63, 3.8) is 0 Å². The van der Waals surface area contributed by atoms with E-state index in [1.807, 2.05) is 0 Å². The van der Waals surface area contributed by atoms with Crippen molar-refractivity contribution in [2.45, 2.75) is 70.4 Å². The summed E-state index contributed by atoms with van der Waals surface area (Å²) in [6.07, 6.45) is -10.8. The van der Waals surface area contributed by atoms with Gasteiger partial charge in [0.2, 0.25) is 0 Å². The summed E-state index contributed by atoms with van der Waals surface area (Å²) < 4.78 is 106. The Kier molecular flexibility index (Phi) is 7.82. The molecule has 1 aromatic carbocycles. The maximum atomic E-state index is 14.6. The highest BCUT2D eigenvalue weighted by Crippen LogP contribution is 2.61. The second kappa shape index (κ2) is 9.93. The van der Waals surface area contributed by atoms with Crippen molar-refractivity contribution in [3.8, 4) is 0 Å². The van der Waals surface area contributed by atoms with E-state index in [2.05, 4.69) is 4.98 Å². The number of likely N-dealkylation sites (tertiary alicyclic amines) is 1. The number of benzene rings is 1. The Hall–Kier alpha value is -2.20. The molecule has 0 unspecified atom stereocenters. The second-order valence-corrected chi connectivity index (χ2v) is 9.94. The van der Waals surface area contributed by atoms with Gasteiger partial charge in [-0.2, -0.15) is 26.3 Å². The molecule has 3 rings (SSSR count). The third kappa shape index (κ3) is 4.98. The zero-order chi connectivity index (χ0) is 27.0. The molecule has 2 aromatic rings. The molecule has 3 nitrogen and oxygen atoms in total. The Morgan fingerprint density at radius 1 is 0.972 bits per heavy atom. The molecule has 0 amide bonds. The molecule has 1 fully saturated rings. The third-order valence-electron chi connectivity index (χ3n) is 7.47. The van der Waals surface area contributed by atoms with E-state index < -0.39 is 54.3 Å². The minimum absolute atomic E-state index is 0.00524. The molecular formula is C26H31F7N2O. The fourth-order valence-electron chi connectivity index (χ4n) is 5.36. The number of alkyl halides is 6. The van der Waals surface area contributed by atoms with Gasteiger partial charge < -0.3 is 4.74 Å². The number of halogens is 7. The molecule has 200 valence electrons. The minimum Gasteiger partial charge on any atom is -0.358 e. The Morgan fingerprint density at radius 2 is 1.58 bits per heavy atom.